The molecule has 0 radical (unpaired) electrons. The van der Waals surface area contributed by atoms with Gasteiger partial charge in [-0.3, -0.25) is 4.79 Å². The molecule has 0 unspecified atom stereocenters. The molecule has 0 spiro atoms. The molecule has 0 aliphatic carbocycles. The van der Waals surface area contributed by atoms with Gasteiger partial charge in [0, 0.05) is 19.2 Å². The van der Waals surface area contributed by atoms with Crippen molar-refractivity contribution in [2.75, 3.05) is 18.6 Å². The van der Waals surface area contributed by atoms with Gasteiger partial charge >= 0.3 is 5.97 Å². The van der Waals surface area contributed by atoms with E-state index in [1.54, 1.807) is 13.1 Å². The Kier molecular flexibility index (Phi) is 6.00. The van der Waals surface area contributed by atoms with Gasteiger partial charge in [-0.1, -0.05) is 29.8 Å². The summed E-state index contributed by atoms with van der Waals surface area (Å²) >= 11 is 0. The van der Waals surface area contributed by atoms with Crippen molar-refractivity contribution in [1.29, 1.82) is 0 Å². The van der Waals surface area contributed by atoms with Gasteiger partial charge in [0.25, 0.3) is 5.91 Å². The van der Waals surface area contributed by atoms with Crippen molar-refractivity contribution in [3.63, 3.8) is 0 Å². The van der Waals surface area contributed by atoms with Crippen LogP contribution in [0.2, 0.25) is 0 Å². The van der Waals surface area contributed by atoms with Crippen LogP contribution in [0.25, 0.3) is 6.08 Å². The van der Waals surface area contributed by atoms with Crippen molar-refractivity contribution < 1.29 is 22.7 Å². The third kappa shape index (κ3) is 5.42. The van der Waals surface area contributed by atoms with E-state index in [2.05, 4.69) is 0 Å². The van der Waals surface area contributed by atoms with Crippen LogP contribution in [-0.2, 0) is 24.2 Å². The van der Waals surface area contributed by atoms with Gasteiger partial charge in [0.1, 0.15) is 0 Å². The largest absolute Gasteiger partial charge is 0.449 e. The highest BCUT2D eigenvalue weighted by Gasteiger charge is 2.34. The second-order valence-electron chi connectivity index (χ2n) is 6.33. The number of likely N-dealkylation sites (N-methyl/N-ethyl adjacent to an activating group) is 1. The van der Waals surface area contributed by atoms with Crippen LogP contribution in [0.3, 0.4) is 0 Å². The minimum Gasteiger partial charge on any atom is -0.449 e. The molecule has 1 aliphatic heterocycles. The molecular formula is C18H23NO5S. The summed E-state index contributed by atoms with van der Waals surface area (Å²) in [5.74, 6) is -0.972. The van der Waals surface area contributed by atoms with Gasteiger partial charge in [0.15, 0.2) is 15.9 Å². The zero-order valence-corrected chi connectivity index (χ0v) is 15.5. The first-order valence-electron chi connectivity index (χ1n) is 8.10. The number of carbonyl (C=O) groups is 2. The van der Waals surface area contributed by atoms with Crippen LogP contribution in [0.1, 0.15) is 24.5 Å². The predicted octanol–water partition coefficient (Wildman–Crippen LogP) is 1.59. The van der Waals surface area contributed by atoms with Gasteiger partial charge in [-0.15, -0.1) is 0 Å². The predicted molar refractivity (Wildman–Crippen MR) is 95.6 cm³/mol. The van der Waals surface area contributed by atoms with Gasteiger partial charge in [0.2, 0.25) is 0 Å². The van der Waals surface area contributed by atoms with Crippen molar-refractivity contribution in [2.24, 2.45) is 0 Å². The molecular weight excluding hydrogens is 342 g/mol. The molecule has 136 valence electrons. The summed E-state index contributed by atoms with van der Waals surface area (Å²) in [5.41, 5.74) is 1.94. The Bertz CT molecular complexity index is 784. The first-order valence-corrected chi connectivity index (χ1v) is 9.92. The molecule has 2 atom stereocenters. The number of carbonyl (C=O) groups excluding carboxylic acids is 2. The maximum absolute atomic E-state index is 12.3. The van der Waals surface area contributed by atoms with Crippen LogP contribution in [0, 0.1) is 6.92 Å². The number of hydrogen-bond acceptors (Lipinski definition) is 5. The molecule has 6 nitrogen and oxygen atoms in total. The number of ether oxygens (including phenoxy) is 1. The summed E-state index contributed by atoms with van der Waals surface area (Å²) in [6.45, 7) is 3.44. The van der Waals surface area contributed by atoms with Crippen molar-refractivity contribution in [3.8, 4) is 0 Å². The lowest BCUT2D eigenvalue weighted by atomic mass is 10.1. The molecule has 0 aromatic heterocycles. The van der Waals surface area contributed by atoms with E-state index < -0.39 is 27.8 Å². The Morgan fingerprint density at radius 3 is 2.68 bits per heavy atom. The van der Waals surface area contributed by atoms with Gasteiger partial charge in [-0.25, -0.2) is 13.2 Å². The van der Waals surface area contributed by atoms with Crippen LogP contribution in [-0.4, -0.2) is 55.9 Å². The molecule has 1 saturated heterocycles. The lowest BCUT2D eigenvalue weighted by Gasteiger charge is -2.26. The molecule has 1 heterocycles. The molecule has 1 aromatic carbocycles. The fourth-order valence-corrected chi connectivity index (χ4v) is 4.52. The van der Waals surface area contributed by atoms with E-state index in [1.807, 2.05) is 31.2 Å². The topological polar surface area (TPSA) is 80.8 Å². The summed E-state index contributed by atoms with van der Waals surface area (Å²) < 4.78 is 28.2. The fraction of sp³-hybridized carbons (Fsp3) is 0.444. The summed E-state index contributed by atoms with van der Waals surface area (Å²) in [5, 5.41) is 0. The molecule has 0 bridgehead atoms. The number of esters is 1. The summed E-state index contributed by atoms with van der Waals surface area (Å²) in [6, 6.07) is 7.26. The highest BCUT2D eigenvalue weighted by Crippen LogP contribution is 2.17. The SMILES string of the molecule is Cc1cccc(/C=C/C(=O)O[C@H](C)C(=O)N(C)[C@H]2CCS(=O)(=O)C2)c1. The normalized spacial score (nSPS) is 20.4. The van der Waals surface area contributed by atoms with Crippen LogP contribution >= 0.6 is 0 Å². The average molecular weight is 365 g/mol. The lowest BCUT2D eigenvalue weighted by molar-refractivity contribution is -0.155. The zero-order chi connectivity index (χ0) is 18.6. The number of amides is 1. The fourth-order valence-electron chi connectivity index (χ4n) is 2.75. The standard InChI is InChI=1S/C18H23NO5S/c1-13-5-4-6-15(11-13)7-8-17(20)24-14(2)18(21)19(3)16-9-10-25(22,23)12-16/h4-8,11,14,16H,9-10,12H2,1-3H3/b8-7+/t14-,16+/m1/s1. The third-order valence-electron chi connectivity index (χ3n) is 4.20. The Hall–Kier alpha value is -2.15. The summed E-state index contributed by atoms with van der Waals surface area (Å²) in [4.78, 5) is 25.6. The Balaban J connectivity index is 1.90. The van der Waals surface area contributed by atoms with Crippen molar-refractivity contribution in [2.45, 2.75) is 32.4 Å². The van der Waals surface area contributed by atoms with Gasteiger partial charge in [0.05, 0.1) is 11.5 Å². The van der Waals surface area contributed by atoms with E-state index in [0.717, 1.165) is 11.1 Å². The second kappa shape index (κ2) is 7.82. The van der Waals surface area contributed by atoms with Crippen LogP contribution in [0.15, 0.2) is 30.3 Å². The quantitative estimate of drug-likeness (QED) is 0.585. The Labute approximate surface area is 148 Å². The Morgan fingerprint density at radius 2 is 2.08 bits per heavy atom. The zero-order valence-electron chi connectivity index (χ0n) is 14.6. The minimum absolute atomic E-state index is 0.0385. The van der Waals surface area contributed by atoms with E-state index in [4.69, 9.17) is 4.74 Å². The Morgan fingerprint density at radius 1 is 1.36 bits per heavy atom. The monoisotopic (exact) mass is 365 g/mol. The highest BCUT2D eigenvalue weighted by molar-refractivity contribution is 7.91. The lowest BCUT2D eigenvalue weighted by Crippen LogP contribution is -2.44. The van der Waals surface area contributed by atoms with Gasteiger partial charge in [-0.2, -0.15) is 0 Å². The number of sulfone groups is 1. The molecule has 1 aliphatic rings. The van der Waals surface area contributed by atoms with Crippen molar-refractivity contribution in [1.82, 2.24) is 4.90 Å². The van der Waals surface area contributed by atoms with E-state index in [9.17, 15) is 18.0 Å². The molecule has 0 N–H and O–H groups in total. The number of rotatable bonds is 5. The van der Waals surface area contributed by atoms with Crippen LogP contribution < -0.4 is 0 Å². The molecule has 1 fully saturated rings. The molecule has 25 heavy (non-hydrogen) atoms. The summed E-state index contributed by atoms with van der Waals surface area (Å²) in [6.07, 6.45) is 2.35. The third-order valence-corrected chi connectivity index (χ3v) is 5.95. The maximum Gasteiger partial charge on any atom is 0.331 e. The van der Waals surface area contributed by atoms with Gasteiger partial charge in [-0.05, 0) is 31.9 Å². The molecule has 1 amide bonds. The number of hydrogen-bond donors (Lipinski definition) is 0. The maximum atomic E-state index is 12.3. The van der Waals surface area contributed by atoms with Gasteiger partial charge < -0.3 is 9.64 Å². The minimum atomic E-state index is -3.08. The first kappa shape index (κ1) is 19.2. The van der Waals surface area contributed by atoms with E-state index in [0.29, 0.717) is 6.42 Å². The first-order chi connectivity index (χ1) is 11.7. The second-order valence-corrected chi connectivity index (χ2v) is 8.56. The number of nitrogens with zero attached hydrogens (tertiary/aromatic N) is 1. The van der Waals surface area contributed by atoms with Crippen molar-refractivity contribution in [3.05, 3.63) is 41.5 Å². The summed E-state index contributed by atoms with van der Waals surface area (Å²) in [7, 11) is -1.54. The molecule has 7 heteroatoms. The number of aryl methyl sites for hydroxylation is 1. The smallest absolute Gasteiger partial charge is 0.331 e. The average Bonchev–Trinajstić information content (AvgIpc) is 2.91. The van der Waals surface area contributed by atoms with E-state index >= 15 is 0 Å². The molecule has 0 saturated carbocycles. The molecule has 1 aromatic rings. The van der Waals surface area contributed by atoms with E-state index in [-0.39, 0.29) is 17.5 Å². The number of benzene rings is 1. The van der Waals surface area contributed by atoms with Crippen LogP contribution in [0.5, 0.6) is 0 Å². The van der Waals surface area contributed by atoms with E-state index in [1.165, 1.54) is 17.9 Å². The van der Waals surface area contributed by atoms with Crippen molar-refractivity contribution >= 4 is 27.8 Å². The highest BCUT2D eigenvalue weighted by atomic mass is 32.2. The van der Waals surface area contributed by atoms with Crippen LogP contribution in [0.4, 0.5) is 0 Å². The molecule has 2 rings (SSSR count).